The van der Waals surface area contributed by atoms with Gasteiger partial charge in [0.05, 0.1) is 12.5 Å². The van der Waals surface area contributed by atoms with Crippen molar-refractivity contribution in [3.05, 3.63) is 0 Å². The molecule has 0 aliphatic carbocycles. The van der Waals surface area contributed by atoms with Crippen LogP contribution in [0.5, 0.6) is 0 Å². The second-order valence-electron chi connectivity index (χ2n) is 2.68. The third-order valence-electron chi connectivity index (χ3n) is 1.63. The van der Waals surface area contributed by atoms with Gasteiger partial charge < -0.3 is 11.5 Å². The van der Waals surface area contributed by atoms with E-state index in [1.54, 1.807) is 0 Å². The highest BCUT2D eigenvalue weighted by molar-refractivity contribution is 5.93. The van der Waals surface area contributed by atoms with Crippen molar-refractivity contribution in [1.82, 2.24) is 0 Å². The summed E-state index contributed by atoms with van der Waals surface area (Å²) in [6.45, 7) is 0.612. The van der Waals surface area contributed by atoms with E-state index in [0.29, 0.717) is 13.0 Å². The molecule has 0 fully saturated rings. The van der Waals surface area contributed by atoms with Crippen LogP contribution in [0.15, 0.2) is 0 Å². The van der Waals surface area contributed by atoms with E-state index in [2.05, 4.69) is 0 Å². The van der Waals surface area contributed by atoms with Crippen LogP contribution in [-0.4, -0.2) is 24.7 Å². The predicted molar refractivity (Wildman–Crippen MR) is 46.2 cm³/mol. The van der Waals surface area contributed by atoms with E-state index in [1.165, 1.54) is 6.29 Å². The zero-order valence-corrected chi connectivity index (χ0v) is 7.08. The Morgan fingerprint density at radius 2 is 2.08 bits per heavy atom. The Hall–Kier alpha value is -0.740. The molecule has 12 heavy (non-hydrogen) atoms. The Bertz CT molecular complexity index is 148. The highest BCUT2D eigenvalue weighted by atomic mass is 16.1. The molecular formula is C8H15N2O2. The summed E-state index contributed by atoms with van der Waals surface area (Å²) in [6, 6.07) is -0.516. The van der Waals surface area contributed by atoms with E-state index in [1.807, 2.05) is 0 Å². The monoisotopic (exact) mass is 171 g/mol. The first kappa shape index (κ1) is 11.3. The smallest absolute Gasteiger partial charge is 0.206 e. The van der Waals surface area contributed by atoms with Gasteiger partial charge in [-0.15, -0.1) is 0 Å². The van der Waals surface area contributed by atoms with Gasteiger partial charge in [-0.25, -0.2) is 0 Å². The molecule has 0 aromatic heterocycles. The number of hydrogen-bond acceptors (Lipinski definition) is 4. The standard InChI is InChI=1S/C8H15N2O2/c9-5-2-1-3-7(10)8(12)4-6-11/h7H,1-5,9-10H2/t7-/m0/s1. The maximum Gasteiger partial charge on any atom is 0.206 e. The molecule has 0 rings (SSSR count). The number of carbonyl (C=O) groups excluding carboxylic acids is 2. The van der Waals surface area contributed by atoms with E-state index in [-0.39, 0.29) is 12.2 Å². The first-order valence-corrected chi connectivity index (χ1v) is 4.05. The molecule has 0 aromatic carbocycles. The average molecular weight is 171 g/mol. The summed E-state index contributed by atoms with van der Waals surface area (Å²) in [5.41, 5.74) is 10.7. The van der Waals surface area contributed by atoms with Crippen LogP contribution in [0.1, 0.15) is 25.7 Å². The SMILES string of the molecule is NCCCC[C@H](N)C(=O)C[C]=O. The largest absolute Gasteiger partial charge is 0.330 e. The van der Waals surface area contributed by atoms with Crippen LogP contribution in [-0.2, 0) is 9.59 Å². The Labute approximate surface area is 72.3 Å². The lowest BCUT2D eigenvalue weighted by atomic mass is 10.0. The molecule has 4 heteroatoms. The number of hydrogen-bond donors (Lipinski definition) is 2. The minimum Gasteiger partial charge on any atom is -0.330 e. The maximum atomic E-state index is 10.9. The zero-order chi connectivity index (χ0) is 9.40. The molecule has 0 spiro atoms. The molecule has 4 nitrogen and oxygen atoms in total. The lowest BCUT2D eigenvalue weighted by Crippen LogP contribution is -2.30. The molecule has 1 atom stereocenters. The second-order valence-corrected chi connectivity index (χ2v) is 2.68. The third kappa shape index (κ3) is 4.98. The van der Waals surface area contributed by atoms with Crippen molar-refractivity contribution in [1.29, 1.82) is 0 Å². The summed E-state index contributed by atoms with van der Waals surface area (Å²) in [6.07, 6.45) is 3.66. The van der Waals surface area contributed by atoms with E-state index in [0.717, 1.165) is 12.8 Å². The second kappa shape index (κ2) is 6.94. The van der Waals surface area contributed by atoms with Crippen LogP contribution in [0, 0.1) is 0 Å². The Morgan fingerprint density at radius 3 is 2.58 bits per heavy atom. The summed E-state index contributed by atoms with van der Waals surface area (Å²) in [5.74, 6) is -0.234. The molecule has 0 unspecified atom stereocenters. The maximum absolute atomic E-state index is 10.9. The third-order valence-corrected chi connectivity index (χ3v) is 1.63. The van der Waals surface area contributed by atoms with Gasteiger partial charge in [-0.1, -0.05) is 6.42 Å². The first-order chi connectivity index (χ1) is 5.72. The summed E-state index contributed by atoms with van der Waals surface area (Å²) in [7, 11) is 0. The van der Waals surface area contributed by atoms with Crippen molar-refractivity contribution in [2.75, 3.05) is 6.54 Å². The van der Waals surface area contributed by atoms with Crippen molar-refractivity contribution in [3.8, 4) is 0 Å². The molecule has 0 heterocycles. The average Bonchev–Trinajstić information content (AvgIpc) is 2.05. The fourth-order valence-electron chi connectivity index (χ4n) is 0.872. The minimum atomic E-state index is -0.516. The summed E-state index contributed by atoms with van der Waals surface area (Å²) >= 11 is 0. The van der Waals surface area contributed by atoms with E-state index < -0.39 is 6.04 Å². The van der Waals surface area contributed by atoms with Crippen LogP contribution in [0.25, 0.3) is 0 Å². The van der Waals surface area contributed by atoms with Gasteiger partial charge in [0.15, 0.2) is 5.78 Å². The predicted octanol–water partition coefficient (Wildman–Crippen LogP) is -0.488. The van der Waals surface area contributed by atoms with Crippen molar-refractivity contribution < 1.29 is 9.59 Å². The number of ketones is 1. The minimum absolute atomic E-state index is 0.191. The molecule has 4 N–H and O–H groups in total. The van der Waals surface area contributed by atoms with Crippen molar-refractivity contribution in [2.24, 2.45) is 11.5 Å². The molecule has 0 aromatic rings. The lowest BCUT2D eigenvalue weighted by Gasteiger charge is -2.06. The van der Waals surface area contributed by atoms with Crippen LogP contribution < -0.4 is 11.5 Å². The molecule has 0 amide bonds. The van der Waals surface area contributed by atoms with Crippen LogP contribution >= 0.6 is 0 Å². The van der Waals surface area contributed by atoms with Crippen molar-refractivity contribution in [3.63, 3.8) is 0 Å². The van der Waals surface area contributed by atoms with Crippen molar-refractivity contribution in [2.45, 2.75) is 31.7 Å². The van der Waals surface area contributed by atoms with Gasteiger partial charge in [0, 0.05) is 0 Å². The number of Topliss-reactive ketones (excluding diaryl/α,β-unsaturated/α-hetero) is 1. The fourth-order valence-corrected chi connectivity index (χ4v) is 0.872. The highest BCUT2D eigenvalue weighted by Gasteiger charge is 2.11. The first-order valence-electron chi connectivity index (χ1n) is 4.05. The van der Waals surface area contributed by atoms with Gasteiger partial charge >= 0.3 is 0 Å². The Kier molecular flexibility index (Phi) is 6.51. The van der Waals surface area contributed by atoms with Gasteiger partial charge in [-0.3, -0.25) is 9.59 Å². The normalized spacial score (nSPS) is 12.5. The number of unbranched alkanes of at least 4 members (excludes halogenated alkanes) is 1. The summed E-state index contributed by atoms with van der Waals surface area (Å²) < 4.78 is 0. The molecule has 0 saturated heterocycles. The van der Waals surface area contributed by atoms with Crippen LogP contribution in [0.2, 0.25) is 0 Å². The van der Waals surface area contributed by atoms with E-state index >= 15 is 0 Å². The van der Waals surface area contributed by atoms with Gasteiger partial charge in [-0.2, -0.15) is 0 Å². The van der Waals surface area contributed by atoms with Gasteiger partial charge in [0.2, 0.25) is 6.29 Å². The molecule has 69 valence electrons. The molecule has 0 aliphatic rings. The number of nitrogens with two attached hydrogens (primary N) is 2. The van der Waals surface area contributed by atoms with Gasteiger partial charge in [0.25, 0.3) is 0 Å². The number of rotatable bonds is 7. The molecule has 0 bridgehead atoms. The Morgan fingerprint density at radius 1 is 1.42 bits per heavy atom. The fraction of sp³-hybridized carbons (Fsp3) is 0.750. The van der Waals surface area contributed by atoms with E-state index in [4.69, 9.17) is 11.5 Å². The highest BCUT2D eigenvalue weighted by Crippen LogP contribution is 1.99. The van der Waals surface area contributed by atoms with E-state index in [9.17, 15) is 9.59 Å². The van der Waals surface area contributed by atoms with Crippen LogP contribution in [0.3, 0.4) is 0 Å². The van der Waals surface area contributed by atoms with Crippen LogP contribution in [0.4, 0.5) is 0 Å². The molecule has 0 aliphatic heterocycles. The molecular weight excluding hydrogens is 156 g/mol. The summed E-state index contributed by atoms with van der Waals surface area (Å²) in [5, 5.41) is 0. The quantitative estimate of drug-likeness (QED) is 0.400. The molecule has 1 radical (unpaired) electrons. The lowest BCUT2D eigenvalue weighted by molar-refractivity contribution is -0.119. The topological polar surface area (TPSA) is 86.2 Å². The zero-order valence-electron chi connectivity index (χ0n) is 7.08. The van der Waals surface area contributed by atoms with Crippen molar-refractivity contribution >= 4 is 12.1 Å². The van der Waals surface area contributed by atoms with Gasteiger partial charge in [-0.05, 0) is 19.4 Å². The summed E-state index contributed by atoms with van der Waals surface area (Å²) in [4.78, 5) is 20.7. The Balaban J connectivity index is 3.49. The number of carbonyl (C=O) groups is 1. The molecule has 0 saturated carbocycles. The van der Waals surface area contributed by atoms with Gasteiger partial charge in [0.1, 0.15) is 0 Å².